The summed E-state index contributed by atoms with van der Waals surface area (Å²) in [6.45, 7) is 4.40. The van der Waals surface area contributed by atoms with Crippen molar-refractivity contribution in [2.75, 3.05) is 0 Å². The number of carbonyl (C=O) groups is 1. The lowest BCUT2D eigenvalue weighted by molar-refractivity contribution is 0.107. The number of nitrogens with zero attached hydrogens (tertiary/aromatic N) is 2. The molecule has 0 aliphatic heterocycles. The Morgan fingerprint density at radius 3 is 2.50 bits per heavy atom. The second-order valence-corrected chi connectivity index (χ2v) is 5.31. The molecule has 5 heteroatoms. The van der Waals surface area contributed by atoms with E-state index in [0.29, 0.717) is 12.2 Å². The molecule has 0 bridgehead atoms. The minimum Gasteiger partial charge on any atom is -0.275 e. The van der Waals surface area contributed by atoms with Crippen LogP contribution in [0.5, 0.6) is 0 Å². The van der Waals surface area contributed by atoms with Gasteiger partial charge in [0.25, 0.3) is 10.8 Å². The molecule has 0 saturated heterocycles. The van der Waals surface area contributed by atoms with Crippen molar-refractivity contribution in [2.24, 2.45) is 5.92 Å². The lowest BCUT2D eigenvalue weighted by Crippen LogP contribution is -2.29. The highest BCUT2D eigenvalue weighted by atomic mass is 35.5. The van der Waals surface area contributed by atoms with Gasteiger partial charge in [0.15, 0.2) is 0 Å². The molecular formula is C15H15ClN2O2. The van der Waals surface area contributed by atoms with Crippen LogP contribution in [0, 0.1) is 5.92 Å². The fourth-order valence-electron chi connectivity index (χ4n) is 1.90. The fourth-order valence-corrected chi connectivity index (χ4v) is 2.04. The summed E-state index contributed by atoms with van der Waals surface area (Å²) in [6.07, 6.45) is 0. The van der Waals surface area contributed by atoms with E-state index in [4.69, 9.17) is 11.6 Å². The van der Waals surface area contributed by atoms with E-state index >= 15 is 0 Å². The molecule has 1 aromatic heterocycles. The molecule has 0 amide bonds. The quantitative estimate of drug-likeness (QED) is 0.814. The maximum Gasteiger partial charge on any atom is 0.279 e. The van der Waals surface area contributed by atoms with E-state index in [2.05, 4.69) is 5.10 Å². The van der Waals surface area contributed by atoms with Gasteiger partial charge in [0.05, 0.1) is 5.69 Å². The van der Waals surface area contributed by atoms with Crippen molar-refractivity contribution in [1.82, 2.24) is 9.78 Å². The molecule has 0 N–H and O–H groups in total. The number of carbonyl (C=O) groups excluding carboxylic acids is 1. The Morgan fingerprint density at radius 1 is 1.30 bits per heavy atom. The molecule has 2 rings (SSSR count). The molecule has 1 heterocycles. The van der Waals surface area contributed by atoms with Crippen LogP contribution in [-0.4, -0.2) is 15.0 Å². The Labute approximate surface area is 122 Å². The van der Waals surface area contributed by atoms with E-state index in [9.17, 15) is 9.59 Å². The average molecular weight is 291 g/mol. The highest BCUT2D eigenvalue weighted by molar-refractivity contribution is 6.67. The van der Waals surface area contributed by atoms with Crippen LogP contribution in [0.15, 0.2) is 41.2 Å². The zero-order valence-corrected chi connectivity index (χ0v) is 12.1. The predicted octanol–water partition coefficient (Wildman–Crippen LogP) is 2.95. The Hall–Kier alpha value is -1.94. The van der Waals surface area contributed by atoms with Gasteiger partial charge in [-0.3, -0.25) is 9.59 Å². The first-order valence-corrected chi connectivity index (χ1v) is 6.74. The van der Waals surface area contributed by atoms with Crippen LogP contribution in [0.1, 0.15) is 24.2 Å². The zero-order chi connectivity index (χ0) is 14.7. The average Bonchev–Trinajstić information content (AvgIpc) is 2.41. The van der Waals surface area contributed by atoms with Crippen molar-refractivity contribution in [3.8, 4) is 11.3 Å². The van der Waals surface area contributed by atoms with Crippen molar-refractivity contribution >= 4 is 16.8 Å². The van der Waals surface area contributed by atoms with E-state index in [-0.39, 0.29) is 11.5 Å². The van der Waals surface area contributed by atoms with Crippen LogP contribution >= 0.6 is 11.6 Å². The first-order valence-electron chi connectivity index (χ1n) is 6.36. The van der Waals surface area contributed by atoms with Crippen molar-refractivity contribution in [3.05, 3.63) is 52.3 Å². The summed E-state index contributed by atoms with van der Waals surface area (Å²) in [5.74, 6) is 0.240. The second-order valence-electron chi connectivity index (χ2n) is 4.96. The minimum atomic E-state index is -0.757. The van der Waals surface area contributed by atoms with Crippen molar-refractivity contribution in [3.63, 3.8) is 0 Å². The maximum absolute atomic E-state index is 12.1. The summed E-state index contributed by atoms with van der Waals surface area (Å²) in [5.41, 5.74) is 0.915. The van der Waals surface area contributed by atoms with E-state index in [0.717, 1.165) is 5.56 Å². The van der Waals surface area contributed by atoms with Crippen molar-refractivity contribution in [1.29, 1.82) is 0 Å². The van der Waals surface area contributed by atoms with E-state index in [1.807, 2.05) is 44.2 Å². The monoisotopic (exact) mass is 290 g/mol. The molecular weight excluding hydrogens is 276 g/mol. The van der Waals surface area contributed by atoms with Gasteiger partial charge in [-0.2, -0.15) is 5.10 Å². The number of hydrogen-bond acceptors (Lipinski definition) is 3. The van der Waals surface area contributed by atoms with E-state index in [1.165, 1.54) is 10.7 Å². The van der Waals surface area contributed by atoms with Crippen LogP contribution in [-0.2, 0) is 6.54 Å². The predicted molar refractivity (Wildman–Crippen MR) is 79.0 cm³/mol. The SMILES string of the molecule is CC(C)Cn1nc(-c2ccccc2)cc(C(=O)Cl)c1=O. The smallest absolute Gasteiger partial charge is 0.275 e. The minimum absolute atomic E-state index is 0.0406. The lowest BCUT2D eigenvalue weighted by atomic mass is 10.1. The van der Waals surface area contributed by atoms with Crippen LogP contribution in [0.2, 0.25) is 0 Å². The topological polar surface area (TPSA) is 52.0 Å². The summed E-state index contributed by atoms with van der Waals surface area (Å²) in [7, 11) is 0. The van der Waals surface area contributed by atoms with Crippen LogP contribution in [0.4, 0.5) is 0 Å². The molecule has 0 unspecified atom stereocenters. The Bertz CT molecular complexity index is 678. The van der Waals surface area contributed by atoms with Crippen molar-refractivity contribution in [2.45, 2.75) is 20.4 Å². The van der Waals surface area contributed by atoms with Gasteiger partial charge in [0.2, 0.25) is 0 Å². The van der Waals surface area contributed by atoms with Crippen LogP contribution < -0.4 is 5.56 Å². The van der Waals surface area contributed by atoms with Crippen molar-refractivity contribution < 1.29 is 4.79 Å². The normalized spacial score (nSPS) is 10.8. The van der Waals surface area contributed by atoms with Gasteiger partial charge >= 0.3 is 0 Å². The number of benzene rings is 1. The first kappa shape index (κ1) is 14.5. The molecule has 0 atom stereocenters. The molecule has 20 heavy (non-hydrogen) atoms. The number of hydrogen-bond donors (Lipinski definition) is 0. The lowest BCUT2D eigenvalue weighted by Gasteiger charge is -2.11. The maximum atomic E-state index is 12.1. The third-order valence-corrected chi connectivity index (χ3v) is 3.00. The summed E-state index contributed by atoms with van der Waals surface area (Å²) in [4.78, 5) is 23.5. The largest absolute Gasteiger partial charge is 0.279 e. The van der Waals surface area contributed by atoms with Gasteiger partial charge in [-0.1, -0.05) is 44.2 Å². The summed E-state index contributed by atoms with van der Waals surface area (Å²) in [5, 5.41) is 3.56. The van der Waals surface area contributed by atoms with E-state index < -0.39 is 10.8 Å². The van der Waals surface area contributed by atoms with Crippen LogP contribution in [0.3, 0.4) is 0 Å². The third-order valence-electron chi connectivity index (χ3n) is 2.79. The molecule has 0 aliphatic carbocycles. The van der Waals surface area contributed by atoms with Gasteiger partial charge in [0.1, 0.15) is 5.56 Å². The number of halogens is 1. The molecule has 2 aromatic rings. The summed E-state index contributed by atoms with van der Waals surface area (Å²) in [6, 6.07) is 10.8. The van der Waals surface area contributed by atoms with Gasteiger partial charge in [-0.05, 0) is 23.6 Å². The molecule has 0 aliphatic rings. The summed E-state index contributed by atoms with van der Waals surface area (Å²) < 4.78 is 1.31. The Balaban J connectivity index is 2.62. The Kier molecular flexibility index (Phi) is 4.35. The molecule has 1 aromatic carbocycles. The van der Waals surface area contributed by atoms with E-state index in [1.54, 1.807) is 0 Å². The molecule has 0 fully saturated rings. The van der Waals surface area contributed by atoms with Gasteiger partial charge in [0, 0.05) is 12.1 Å². The molecule has 0 saturated carbocycles. The highest BCUT2D eigenvalue weighted by Crippen LogP contribution is 2.16. The second kappa shape index (κ2) is 6.01. The summed E-state index contributed by atoms with van der Waals surface area (Å²) >= 11 is 5.50. The fraction of sp³-hybridized carbons (Fsp3) is 0.267. The zero-order valence-electron chi connectivity index (χ0n) is 11.3. The van der Waals surface area contributed by atoms with Gasteiger partial charge < -0.3 is 0 Å². The number of rotatable bonds is 4. The molecule has 4 nitrogen and oxygen atoms in total. The first-order chi connectivity index (χ1) is 9.49. The highest BCUT2D eigenvalue weighted by Gasteiger charge is 2.15. The number of aromatic nitrogens is 2. The third kappa shape index (κ3) is 3.14. The van der Waals surface area contributed by atoms with Crippen LogP contribution in [0.25, 0.3) is 11.3 Å². The van der Waals surface area contributed by atoms with Gasteiger partial charge in [-0.25, -0.2) is 4.68 Å². The molecule has 104 valence electrons. The van der Waals surface area contributed by atoms with Gasteiger partial charge in [-0.15, -0.1) is 0 Å². The standard InChI is InChI=1S/C15H15ClN2O2/c1-10(2)9-18-15(20)12(14(16)19)8-13(17-18)11-6-4-3-5-7-11/h3-8,10H,9H2,1-2H3. The molecule has 0 radical (unpaired) electrons. The Morgan fingerprint density at radius 2 is 1.95 bits per heavy atom. The molecule has 0 spiro atoms.